The van der Waals surface area contributed by atoms with Gasteiger partial charge in [0.1, 0.15) is 0 Å². The van der Waals surface area contributed by atoms with E-state index in [-0.39, 0.29) is 5.41 Å². The number of aldehydes is 1. The zero-order valence-electron chi connectivity index (χ0n) is 19.8. The highest BCUT2D eigenvalue weighted by atomic mass is 16.1. The zero-order valence-corrected chi connectivity index (χ0v) is 19.8. The topological polar surface area (TPSA) is 36.1 Å². The lowest BCUT2D eigenvalue weighted by Crippen LogP contribution is -2.16. The van der Waals surface area contributed by atoms with E-state index >= 15 is 0 Å². The van der Waals surface area contributed by atoms with Gasteiger partial charge in [-0.3, -0.25) is 4.79 Å². The largest absolute Gasteiger partial charge is 0.352 e. The van der Waals surface area contributed by atoms with Gasteiger partial charge in [-0.05, 0) is 76.3 Å². The van der Waals surface area contributed by atoms with Crippen molar-refractivity contribution in [3.63, 3.8) is 0 Å². The summed E-state index contributed by atoms with van der Waals surface area (Å²) in [5.41, 5.74) is 11.2. The monoisotopic (exact) mass is 454 g/mol. The van der Waals surface area contributed by atoms with E-state index in [2.05, 4.69) is 115 Å². The molecule has 0 fully saturated rings. The quantitative estimate of drug-likeness (QED) is 0.271. The molecule has 0 aliphatic heterocycles. The Labute approximate surface area is 205 Å². The maximum Gasteiger partial charge on any atom is 0.166 e. The molecule has 35 heavy (non-hydrogen) atoms. The third-order valence-electron chi connectivity index (χ3n) is 7.11. The number of hydrogen-bond donors (Lipinski definition) is 1. The summed E-state index contributed by atoms with van der Waals surface area (Å²) in [5, 5.41) is 0. The molecular weight excluding hydrogens is 428 g/mol. The van der Waals surface area contributed by atoms with Crippen LogP contribution in [0.2, 0.25) is 0 Å². The first-order valence-electron chi connectivity index (χ1n) is 11.9. The molecule has 1 N–H and O–H groups in total. The van der Waals surface area contributed by atoms with Gasteiger partial charge in [-0.25, -0.2) is 0 Å². The van der Waals surface area contributed by atoms with Gasteiger partial charge in [-0.15, -0.1) is 0 Å². The van der Waals surface area contributed by atoms with Crippen LogP contribution in [0.25, 0.3) is 22.4 Å². The first kappa shape index (κ1) is 21.2. The van der Waals surface area contributed by atoms with E-state index in [1.165, 1.54) is 22.3 Å². The van der Waals surface area contributed by atoms with Crippen molar-refractivity contribution < 1.29 is 4.79 Å². The maximum atomic E-state index is 11.1. The van der Waals surface area contributed by atoms with Crippen molar-refractivity contribution in [2.45, 2.75) is 19.3 Å². The van der Waals surface area contributed by atoms with Crippen LogP contribution in [0.3, 0.4) is 0 Å². The van der Waals surface area contributed by atoms with Crippen molar-refractivity contribution in [3.8, 4) is 22.4 Å². The Morgan fingerprint density at radius 1 is 0.657 bits per heavy atom. The average Bonchev–Trinajstić information content (AvgIpc) is 3.47. The number of carbonyl (C=O) groups excluding carboxylic acids is 1. The second-order valence-corrected chi connectivity index (χ2v) is 9.56. The fraction of sp³-hybridized carbons (Fsp3) is 0.0938. The molecule has 0 unspecified atom stereocenters. The number of anilines is 3. The highest BCUT2D eigenvalue weighted by Gasteiger charge is 2.35. The number of aromatic nitrogens is 1. The number of benzene rings is 4. The molecule has 0 bridgehead atoms. The van der Waals surface area contributed by atoms with Gasteiger partial charge in [0.05, 0.1) is 5.69 Å². The number of carbonyl (C=O) groups is 1. The van der Waals surface area contributed by atoms with Crippen molar-refractivity contribution in [3.05, 3.63) is 126 Å². The Kier molecular flexibility index (Phi) is 4.93. The molecule has 0 atom stereocenters. The minimum absolute atomic E-state index is 0.0575. The molecule has 0 amide bonds. The van der Waals surface area contributed by atoms with Gasteiger partial charge >= 0.3 is 0 Å². The van der Waals surface area contributed by atoms with Crippen molar-refractivity contribution in [1.29, 1.82) is 0 Å². The van der Waals surface area contributed by atoms with Crippen LogP contribution in [-0.4, -0.2) is 11.3 Å². The average molecular weight is 455 g/mol. The molecule has 1 aliphatic rings. The number of fused-ring (bicyclic) bond motifs is 3. The van der Waals surface area contributed by atoms with E-state index in [0.29, 0.717) is 5.69 Å². The van der Waals surface area contributed by atoms with Gasteiger partial charge in [-0.2, -0.15) is 0 Å². The molecule has 3 nitrogen and oxygen atoms in total. The normalized spacial score (nSPS) is 13.2. The Morgan fingerprint density at radius 3 is 2.06 bits per heavy atom. The molecule has 5 aromatic rings. The van der Waals surface area contributed by atoms with Gasteiger partial charge < -0.3 is 9.88 Å². The minimum Gasteiger partial charge on any atom is -0.352 e. The zero-order chi connectivity index (χ0) is 24.0. The Bertz CT molecular complexity index is 1530. The van der Waals surface area contributed by atoms with Crippen LogP contribution in [0.4, 0.5) is 17.1 Å². The van der Waals surface area contributed by atoms with Crippen molar-refractivity contribution in [2.24, 2.45) is 0 Å². The van der Waals surface area contributed by atoms with E-state index < -0.39 is 0 Å². The van der Waals surface area contributed by atoms with Crippen LogP contribution < -0.4 is 4.90 Å². The molecule has 3 heteroatoms. The SMILES string of the molecule is CC1(C)c2ccccc2-c2ccc(N(c3ccccc3)c3ccc(-c4ccc(C=O)[nH]4)cc3)cc21. The molecule has 0 saturated heterocycles. The lowest BCUT2D eigenvalue weighted by Gasteiger charge is -2.28. The van der Waals surface area contributed by atoms with Crippen LogP contribution in [0.1, 0.15) is 35.5 Å². The second-order valence-electron chi connectivity index (χ2n) is 9.56. The van der Waals surface area contributed by atoms with Crippen LogP contribution in [-0.2, 0) is 5.41 Å². The molecule has 0 radical (unpaired) electrons. The van der Waals surface area contributed by atoms with Crippen molar-refractivity contribution in [2.75, 3.05) is 4.90 Å². The molecule has 1 heterocycles. The van der Waals surface area contributed by atoms with Gasteiger partial charge in [0.2, 0.25) is 0 Å². The summed E-state index contributed by atoms with van der Waals surface area (Å²) in [4.78, 5) is 16.5. The van der Waals surface area contributed by atoms with Gasteiger partial charge in [0, 0.05) is 28.2 Å². The highest BCUT2D eigenvalue weighted by molar-refractivity contribution is 5.86. The van der Waals surface area contributed by atoms with E-state index in [4.69, 9.17) is 0 Å². The first-order chi connectivity index (χ1) is 17.1. The molecule has 6 rings (SSSR count). The molecular formula is C32H26N2O. The van der Waals surface area contributed by atoms with E-state index in [1.807, 2.05) is 12.1 Å². The van der Waals surface area contributed by atoms with Crippen LogP contribution in [0.5, 0.6) is 0 Å². The Morgan fingerprint density at radius 2 is 1.31 bits per heavy atom. The summed E-state index contributed by atoms with van der Waals surface area (Å²) >= 11 is 0. The maximum absolute atomic E-state index is 11.1. The third kappa shape index (κ3) is 3.48. The summed E-state index contributed by atoms with van der Waals surface area (Å²) in [6.45, 7) is 4.63. The van der Waals surface area contributed by atoms with E-state index in [0.717, 1.165) is 34.6 Å². The van der Waals surface area contributed by atoms with Crippen molar-refractivity contribution >= 4 is 23.3 Å². The lowest BCUT2D eigenvalue weighted by molar-refractivity contribution is 0.111. The van der Waals surface area contributed by atoms with Gasteiger partial charge in [-0.1, -0.05) is 74.5 Å². The minimum atomic E-state index is -0.0575. The number of nitrogens with one attached hydrogen (secondary N) is 1. The molecule has 1 aliphatic carbocycles. The van der Waals surface area contributed by atoms with Crippen LogP contribution >= 0.6 is 0 Å². The van der Waals surface area contributed by atoms with E-state index in [1.54, 1.807) is 6.07 Å². The predicted octanol–water partition coefficient (Wildman–Crippen LogP) is 8.27. The number of hydrogen-bond acceptors (Lipinski definition) is 2. The summed E-state index contributed by atoms with van der Waals surface area (Å²) in [6, 6.07) is 38.2. The number of para-hydroxylation sites is 1. The second kappa shape index (κ2) is 8.14. The molecule has 1 aromatic heterocycles. The molecule has 0 spiro atoms. The molecule has 170 valence electrons. The molecule has 0 saturated carbocycles. The first-order valence-corrected chi connectivity index (χ1v) is 11.9. The van der Waals surface area contributed by atoms with E-state index in [9.17, 15) is 4.79 Å². The Balaban J connectivity index is 1.45. The van der Waals surface area contributed by atoms with Gasteiger partial charge in [0.25, 0.3) is 0 Å². The summed E-state index contributed by atoms with van der Waals surface area (Å²) in [5.74, 6) is 0. The van der Waals surface area contributed by atoms with Crippen molar-refractivity contribution in [1.82, 2.24) is 4.98 Å². The van der Waals surface area contributed by atoms with Crippen LogP contribution in [0.15, 0.2) is 109 Å². The smallest absolute Gasteiger partial charge is 0.166 e. The summed E-state index contributed by atoms with van der Waals surface area (Å²) in [6.07, 6.45) is 0.836. The summed E-state index contributed by atoms with van der Waals surface area (Å²) < 4.78 is 0. The number of nitrogens with zero attached hydrogens (tertiary/aromatic N) is 1. The summed E-state index contributed by atoms with van der Waals surface area (Å²) in [7, 11) is 0. The predicted molar refractivity (Wildman–Crippen MR) is 144 cm³/mol. The third-order valence-corrected chi connectivity index (χ3v) is 7.11. The molecule has 4 aromatic carbocycles. The Hall–Kier alpha value is -4.37. The lowest BCUT2D eigenvalue weighted by atomic mass is 9.82. The number of rotatable bonds is 5. The van der Waals surface area contributed by atoms with Gasteiger partial charge in [0.15, 0.2) is 6.29 Å². The van der Waals surface area contributed by atoms with Crippen LogP contribution in [0, 0.1) is 0 Å². The standard InChI is InChI=1S/C32H26N2O/c1-32(2)29-11-7-6-10-27(29)28-18-17-26(20-30(28)32)34(24-8-4-3-5-9-24)25-15-12-22(13-16-25)31-19-14-23(21-35)33-31/h3-21,33H,1-2H3. The fourth-order valence-electron chi connectivity index (χ4n) is 5.29. The number of H-pyrrole nitrogens is 1. The number of aromatic amines is 1. The highest BCUT2D eigenvalue weighted by Crippen LogP contribution is 2.50. The fourth-order valence-corrected chi connectivity index (χ4v) is 5.29.